The molecule has 0 aliphatic heterocycles. The van der Waals surface area contributed by atoms with Crippen LogP contribution in [0.1, 0.15) is 22.3 Å². The molecule has 224 valence electrons. The second-order valence-electron chi connectivity index (χ2n) is 12.2. The molecule has 2 fully saturated rings. The highest BCUT2D eigenvalue weighted by Gasteiger charge is 2.78. The zero-order chi connectivity index (χ0) is 32.0. The van der Waals surface area contributed by atoms with Crippen molar-refractivity contribution in [1.29, 1.82) is 5.26 Å². The lowest BCUT2D eigenvalue weighted by Crippen LogP contribution is -2.85. The largest absolute Gasteiger partial charge is 0.508 e. The van der Waals surface area contributed by atoms with Crippen molar-refractivity contribution in [3.05, 3.63) is 41.5 Å². The lowest BCUT2D eigenvalue weighted by molar-refractivity contribution is -0.166. The highest BCUT2D eigenvalue weighted by Crippen LogP contribution is 2.57. The van der Waals surface area contributed by atoms with E-state index in [1.165, 1.54) is 31.1 Å². The maximum Gasteiger partial charge on any atom is 0.235 e. The number of fused-ring (bicyclic) bond motifs is 3. The summed E-state index contributed by atoms with van der Waals surface area (Å²) in [6.45, 7) is 0. The van der Waals surface area contributed by atoms with Gasteiger partial charge in [0.25, 0.3) is 0 Å². The van der Waals surface area contributed by atoms with Crippen LogP contribution < -0.4 is 22.1 Å². The van der Waals surface area contributed by atoms with Gasteiger partial charge in [0.15, 0.2) is 34.5 Å². The van der Waals surface area contributed by atoms with Crippen molar-refractivity contribution in [2.24, 2.45) is 34.5 Å². The summed E-state index contributed by atoms with van der Waals surface area (Å²) in [6, 6.07) is 7.84. The van der Waals surface area contributed by atoms with Gasteiger partial charge in [-0.3, -0.25) is 28.9 Å². The van der Waals surface area contributed by atoms with E-state index in [4.69, 9.17) is 17.2 Å². The van der Waals surface area contributed by atoms with E-state index in [9.17, 15) is 39.4 Å². The number of amides is 1. The van der Waals surface area contributed by atoms with Crippen molar-refractivity contribution in [3.63, 3.8) is 0 Å². The fourth-order valence-corrected chi connectivity index (χ4v) is 7.55. The number of anilines is 1. The summed E-state index contributed by atoms with van der Waals surface area (Å²) < 4.78 is 0. The van der Waals surface area contributed by atoms with E-state index in [-0.39, 0.29) is 23.3 Å². The Kier molecular flexibility index (Phi) is 6.55. The van der Waals surface area contributed by atoms with Crippen molar-refractivity contribution in [2.75, 3.05) is 33.1 Å². The molecule has 3 aliphatic carbocycles. The van der Waals surface area contributed by atoms with Crippen LogP contribution in [0.5, 0.6) is 11.5 Å². The maximum absolute atomic E-state index is 14.5. The standard InChI is InChI=1S/C30H32N6O7/c1-35(2)17-9-15(13-6-5-7-14(37)8-13)21(38)18-16(17)10-28(33)11-30(34)24(36(3)4)23(40)19(27(32)43)25(41)29(30,12-31)26(42)20(28)22(18)39/h5-9,19-20,24,37-38H,10-11,33-34H2,1-4H3,(H2,32,43)/t19?,20?,24-,28-,29+,30-/m1/s1. The van der Waals surface area contributed by atoms with Crippen LogP contribution in [0.15, 0.2) is 30.3 Å². The van der Waals surface area contributed by atoms with Gasteiger partial charge >= 0.3 is 0 Å². The van der Waals surface area contributed by atoms with Crippen LogP contribution in [0.2, 0.25) is 0 Å². The summed E-state index contributed by atoms with van der Waals surface area (Å²) in [6.07, 6.45) is -0.684. The number of phenolic OH excluding ortho intramolecular Hbond substituents is 2. The van der Waals surface area contributed by atoms with E-state index in [2.05, 4.69) is 0 Å². The number of Topliss-reactive ketones (excluding diaryl/α,β-unsaturated/α-hetero) is 4. The average Bonchev–Trinajstić information content (AvgIpc) is 2.87. The molecule has 0 radical (unpaired) electrons. The number of primary amides is 1. The van der Waals surface area contributed by atoms with Gasteiger partial charge in [-0.1, -0.05) is 12.1 Å². The molecular formula is C30H32N6O7. The number of aromatic hydroxyl groups is 2. The third-order valence-corrected chi connectivity index (χ3v) is 9.21. The molecule has 43 heavy (non-hydrogen) atoms. The molecule has 2 aromatic carbocycles. The highest BCUT2D eigenvalue weighted by atomic mass is 16.3. The Morgan fingerprint density at radius 1 is 1.05 bits per heavy atom. The Labute approximate surface area is 246 Å². The van der Waals surface area contributed by atoms with Crippen LogP contribution in [0.25, 0.3) is 11.1 Å². The number of carbonyl (C=O) groups excluding carboxylic acids is 5. The molecule has 0 bridgehead atoms. The molecule has 0 aromatic heterocycles. The first-order valence-corrected chi connectivity index (χ1v) is 13.5. The molecule has 13 heteroatoms. The lowest BCUT2D eigenvalue weighted by atomic mass is 9.42. The molecule has 6 atom stereocenters. The molecule has 1 amide bonds. The Balaban J connectivity index is 1.80. The van der Waals surface area contributed by atoms with Crippen molar-refractivity contribution >= 4 is 34.7 Å². The minimum absolute atomic E-state index is 0.0872. The molecule has 0 spiro atoms. The summed E-state index contributed by atoms with van der Waals surface area (Å²) in [4.78, 5) is 71.7. The SMILES string of the molecule is CN(C)c1cc(-c2cccc(O)c2)c(O)c2c1C[C@@]1(N)C[C@@]3(N)[C@H](N(C)C)C(=O)C(C(N)=O)C(=O)[C@@]3(C#N)C(=O)C1C2=O. The van der Waals surface area contributed by atoms with Crippen molar-refractivity contribution in [2.45, 2.75) is 30.0 Å². The summed E-state index contributed by atoms with van der Waals surface area (Å²) in [5.41, 5.74) is 13.5. The maximum atomic E-state index is 14.5. The molecule has 2 aromatic rings. The Morgan fingerprint density at radius 2 is 1.70 bits per heavy atom. The van der Waals surface area contributed by atoms with Crippen LogP contribution in [-0.4, -0.2) is 89.5 Å². The summed E-state index contributed by atoms with van der Waals surface area (Å²) in [7, 11) is 6.30. The number of rotatable bonds is 4. The molecule has 5 rings (SSSR count). The Hall–Kier alpha value is -4.64. The smallest absolute Gasteiger partial charge is 0.235 e. The van der Waals surface area contributed by atoms with Gasteiger partial charge in [0, 0.05) is 30.9 Å². The monoisotopic (exact) mass is 588 g/mol. The first-order valence-electron chi connectivity index (χ1n) is 13.5. The van der Waals surface area contributed by atoms with E-state index < -0.39 is 75.6 Å². The molecular weight excluding hydrogens is 556 g/mol. The number of nitrogens with two attached hydrogens (primary N) is 3. The molecule has 0 saturated heterocycles. The number of likely N-dealkylation sites (N-methyl/N-ethyl adjacent to an activating group) is 1. The third kappa shape index (κ3) is 3.70. The predicted molar refractivity (Wildman–Crippen MR) is 153 cm³/mol. The van der Waals surface area contributed by atoms with E-state index in [0.717, 1.165) is 0 Å². The molecule has 0 heterocycles. The number of hydrogen-bond acceptors (Lipinski definition) is 12. The minimum atomic E-state index is -2.82. The normalized spacial score (nSPS) is 31.6. The number of carbonyl (C=O) groups is 5. The Bertz CT molecular complexity index is 1700. The number of phenols is 2. The number of ketones is 4. The van der Waals surface area contributed by atoms with Gasteiger partial charge < -0.3 is 32.3 Å². The van der Waals surface area contributed by atoms with Crippen molar-refractivity contribution < 1.29 is 34.2 Å². The van der Waals surface area contributed by atoms with Gasteiger partial charge in [0.1, 0.15) is 17.4 Å². The number of hydrogen-bond donors (Lipinski definition) is 5. The second kappa shape index (κ2) is 9.43. The first-order chi connectivity index (χ1) is 20.0. The predicted octanol–water partition coefficient (Wildman–Crippen LogP) is -0.753. The van der Waals surface area contributed by atoms with Gasteiger partial charge in [-0.05, 0) is 56.3 Å². The summed E-state index contributed by atoms with van der Waals surface area (Å²) in [5, 5.41) is 32.1. The summed E-state index contributed by atoms with van der Waals surface area (Å²) >= 11 is 0. The fourth-order valence-electron chi connectivity index (χ4n) is 7.55. The van der Waals surface area contributed by atoms with Gasteiger partial charge in [0.2, 0.25) is 5.91 Å². The van der Waals surface area contributed by atoms with E-state index >= 15 is 0 Å². The van der Waals surface area contributed by atoms with Crippen molar-refractivity contribution in [1.82, 2.24) is 4.90 Å². The second-order valence-corrected chi connectivity index (χ2v) is 12.2. The van der Waals surface area contributed by atoms with Gasteiger partial charge in [-0.15, -0.1) is 0 Å². The van der Waals surface area contributed by atoms with Crippen LogP contribution in [0.4, 0.5) is 5.69 Å². The van der Waals surface area contributed by atoms with E-state index in [1.807, 2.05) is 0 Å². The van der Waals surface area contributed by atoms with Gasteiger partial charge in [-0.25, -0.2) is 0 Å². The van der Waals surface area contributed by atoms with Crippen molar-refractivity contribution in [3.8, 4) is 28.7 Å². The molecule has 3 aliphatic rings. The van der Waals surface area contributed by atoms with Crippen LogP contribution in [-0.2, 0) is 25.6 Å². The minimum Gasteiger partial charge on any atom is -0.508 e. The number of nitrogens with zero attached hydrogens (tertiary/aromatic N) is 3. The quantitative estimate of drug-likeness (QED) is 0.277. The van der Waals surface area contributed by atoms with E-state index in [0.29, 0.717) is 16.8 Å². The van der Waals surface area contributed by atoms with Crippen LogP contribution in [0, 0.1) is 28.6 Å². The average molecular weight is 589 g/mol. The topological polar surface area (TPSA) is 234 Å². The number of benzene rings is 2. The summed E-state index contributed by atoms with van der Waals surface area (Å²) in [5.74, 6) is -10.4. The zero-order valence-corrected chi connectivity index (χ0v) is 24.0. The third-order valence-electron chi connectivity index (χ3n) is 9.21. The molecule has 2 unspecified atom stereocenters. The van der Waals surface area contributed by atoms with Gasteiger partial charge in [-0.2, -0.15) is 5.26 Å². The zero-order valence-electron chi connectivity index (χ0n) is 24.0. The first kappa shape index (κ1) is 29.8. The van der Waals surface area contributed by atoms with Gasteiger partial charge in [0.05, 0.1) is 23.2 Å². The number of nitriles is 1. The van der Waals surface area contributed by atoms with Crippen LogP contribution in [0.3, 0.4) is 0 Å². The molecule has 8 N–H and O–H groups in total. The fraction of sp³-hybridized carbons (Fsp3) is 0.400. The van der Waals surface area contributed by atoms with Crippen LogP contribution >= 0.6 is 0 Å². The van der Waals surface area contributed by atoms with E-state index in [1.54, 1.807) is 43.3 Å². The lowest BCUT2D eigenvalue weighted by Gasteiger charge is -2.60. The highest BCUT2D eigenvalue weighted by molar-refractivity contribution is 6.33. The molecule has 13 nitrogen and oxygen atoms in total. The molecule has 2 saturated carbocycles. The Morgan fingerprint density at radius 3 is 2.23 bits per heavy atom.